The number of ether oxygens (including phenoxy) is 1. The number of hydrogen-bond donors (Lipinski definition) is 1. The maximum Gasteiger partial charge on any atom is 0.0781 e. The SMILES string of the molecule is CC(C)=CCOC(C)CO. The van der Waals surface area contributed by atoms with Gasteiger partial charge in [-0.3, -0.25) is 0 Å². The van der Waals surface area contributed by atoms with E-state index in [-0.39, 0.29) is 12.7 Å². The Hall–Kier alpha value is -0.340. The van der Waals surface area contributed by atoms with Crippen molar-refractivity contribution >= 4 is 0 Å². The molecule has 0 aliphatic heterocycles. The Morgan fingerprint density at radius 2 is 2.20 bits per heavy atom. The lowest BCUT2D eigenvalue weighted by Gasteiger charge is -2.06. The van der Waals surface area contributed by atoms with Crippen LogP contribution in [-0.4, -0.2) is 24.4 Å². The van der Waals surface area contributed by atoms with Crippen LogP contribution in [0.1, 0.15) is 20.8 Å². The lowest BCUT2D eigenvalue weighted by atomic mass is 10.3. The molecule has 0 spiro atoms. The fourth-order valence-electron chi connectivity index (χ4n) is 0.432. The van der Waals surface area contributed by atoms with Gasteiger partial charge in [-0.1, -0.05) is 11.6 Å². The van der Waals surface area contributed by atoms with Gasteiger partial charge in [0, 0.05) is 0 Å². The molecule has 0 fully saturated rings. The van der Waals surface area contributed by atoms with Crippen molar-refractivity contribution in [1.82, 2.24) is 0 Å². The molecular weight excluding hydrogens is 128 g/mol. The molecular formula is C8H16O2. The average molecular weight is 144 g/mol. The molecule has 1 N–H and O–H groups in total. The Kier molecular flexibility index (Phi) is 5.26. The predicted molar refractivity (Wildman–Crippen MR) is 41.9 cm³/mol. The van der Waals surface area contributed by atoms with Crippen molar-refractivity contribution in [1.29, 1.82) is 0 Å². The fraction of sp³-hybridized carbons (Fsp3) is 0.750. The maximum atomic E-state index is 8.55. The second kappa shape index (κ2) is 5.45. The van der Waals surface area contributed by atoms with Gasteiger partial charge in [0.1, 0.15) is 0 Å². The summed E-state index contributed by atoms with van der Waals surface area (Å²) >= 11 is 0. The summed E-state index contributed by atoms with van der Waals surface area (Å²) in [6, 6.07) is 0. The summed E-state index contributed by atoms with van der Waals surface area (Å²) in [5, 5.41) is 8.55. The second-order valence-corrected chi connectivity index (χ2v) is 2.61. The minimum atomic E-state index is -0.0457. The highest BCUT2D eigenvalue weighted by Gasteiger charge is 1.95. The normalized spacial score (nSPS) is 12.8. The molecule has 0 bridgehead atoms. The Balaban J connectivity index is 3.28. The smallest absolute Gasteiger partial charge is 0.0781 e. The summed E-state index contributed by atoms with van der Waals surface area (Å²) in [5.74, 6) is 0. The summed E-state index contributed by atoms with van der Waals surface area (Å²) in [4.78, 5) is 0. The monoisotopic (exact) mass is 144 g/mol. The summed E-state index contributed by atoms with van der Waals surface area (Å²) < 4.78 is 5.18. The van der Waals surface area contributed by atoms with E-state index in [4.69, 9.17) is 9.84 Å². The minimum Gasteiger partial charge on any atom is -0.394 e. The van der Waals surface area contributed by atoms with Crippen LogP contribution in [-0.2, 0) is 4.74 Å². The van der Waals surface area contributed by atoms with Crippen molar-refractivity contribution in [2.24, 2.45) is 0 Å². The molecule has 0 heterocycles. The van der Waals surface area contributed by atoms with Crippen LogP contribution in [0.4, 0.5) is 0 Å². The minimum absolute atomic E-state index is 0.0457. The van der Waals surface area contributed by atoms with E-state index in [1.165, 1.54) is 5.57 Å². The second-order valence-electron chi connectivity index (χ2n) is 2.61. The first-order valence-corrected chi connectivity index (χ1v) is 3.52. The quantitative estimate of drug-likeness (QED) is 0.603. The molecule has 60 valence electrons. The molecule has 2 heteroatoms. The molecule has 0 aliphatic carbocycles. The van der Waals surface area contributed by atoms with E-state index in [0.717, 1.165) is 0 Å². The van der Waals surface area contributed by atoms with Crippen LogP contribution in [0.2, 0.25) is 0 Å². The standard InChI is InChI=1S/C8H16O2/c1-7(2)4-5-10-8(3)6-9/h4,8-9H,5-6H2,1-3H3. The summed E-state index contributed by atoms with van der Waals surface area (Å²) in [6.45, 7) is 6.58. The van der Waals surface area contributed by atoms with Crippen molar-refractivity contribution in [2.45, 2.75) is 26.9 Å². The Morgan fingerprint density at radius 3 is 2.60 bits per heavy atom. The summed E-state index contributed by atoms with van der Waals surface area (Å²) in [6.07, 6.45) is 1.95. The van der Waals surface area contributed by atoms with E-state index in [1.807, 2.05) is 26.8 Å². The topological polar surface area (TPSA) is 29.5 Å². The van der Waals surface area contributed by atoms with E-state index < -0.39 is 0 Å². The molecule has 0 radical (unpaired) electrons. The third-order valence-corrected chi connectivity index (χ3v) is 1.13. The van der Waals surface area contributed by atoms with Gasteiger partial charge >= 0.3 is 0 Å². The molecule has 0 amide bonds. The predicted octanol–water partition coefficient (Wildman–Crippen LogP) is 1.35. The van der Waals surface area contributed by atoms with E-state index in [2.05, 4.69) is 0 Å². The first-order chi connectivity index (χ1) is 4.66. The summed E-state index contributed by atoms with van der Waals surface area (Å²) in [7, 11) is 0. The zero-order valence-electron chi connectivity index (χ0n) is 6.92. The first kappa shape index (κ1) is 9.66. The van der Waals surface area contributed by atoms with Crippen molar-refractivity contribution in [2.75, 3.05) is 13.2 Å². The van der Waals surface area contributed by atoms with Crippen LogP contribution >= 0.6 is 0 Å². The number of allylic oxidation sites excluding steroid dienone is 1. The zero-order chi connectivity index (χ0) is 7.98. The zero-order valence-corrected chi connectivity index (χ0v) is 6.92. The highest BCUT2D eigenvalue weighted by molar-refractivity contribution is 4.92. The van der Waals surface area contributed by atoms with Gasteiger partial charge in [-0.05, 0) is 20.8 Å². The summed E-state index contributed by atoms with van der Waals surface area (Å²) in [5.41, 5.74) is 1.24. The van der Waals surface area contributed by atoms with Crippen LogP contribution in [0.5, 0.6) is 0 Å². The van der Waals surface area contributed by atoms with Gasteiger partial charge in [-0.25, -0.2) is 0 Å². The number of rotatable bonds is 4. The molecule has 0 aromatic heterocycles. The van der Waals surface area contributed by atoms with Crippen LogP contribution in [0.3, 0.4) is 0 Å². The van der Waals surface area contributed by atoms with E-state index in [1.54, 1.807) is 0 Å². The number of aliphatic hydroxyl groups excluding tert-OH is 1. The first-order valence-electron chi connectivity index (χ1n) is 3.52. The fourth-order valence-corrected chi connectivity index (χ4v) is 0.432. The van der Waals surface area contributed by atoms with Gasteiger partial charge in [0.15, 0.2) is 0 Å². The number of hydrogen-bond acceptors (Lipinski definition) is 2. The van der Waals surface area contributed by atoms with Crippen LogP contribution in [0.15, 0.2) is 11.6 Å². The lowest BCUT2D eigenvalue weighted by Crippen LogP contribution is -2.12. The van der Waals surface area contributed by atoms with Crippen LogP contribution < -0.4 is 0 Å². The van der Waals surface area contributed by atoms with Gasteiger partial charge in [0.05, 0.1) is 19.3 Å². The Bertz CT molecular complexity index is 104. The van der Waals surface area contributed by atoms with E-state index in [0.29, 0.717) is 6.61 Å². The molecule has 0 aromatic rings. The van der Waals surface area contributed by atoms with Gasteiger partial charge in [0.25, 0.3) is 0 Å². The van der Waals surface area contributed by atoms with Gasteiger partial charge in [-0.2, -0.15) is 0 Å². The third-order valence-electron chi connectivity index (χ3n) is 1.13. The van der Waals surface area contributed by atoms with Crippen LogP contribution in [0, 0.1) is 0 Å². The van der Waals surface area contributed by atoms with Crippen molar-refractivity contribution < 1.29 is 9.84 Å². The average Bonchev–Trinajstić information content (AvgIpc) is 1.87. The van der Waals surface area contributed by atoms with Crippen molar-refractivity contribution in [3.05, 3.63) is 11.6 Å². The largest absolute Gasteiger partial charge is 0.394 e. The Morgan fingerprint density at radius 1 is 1.60 bits per heavy atom. The molecule has 0 rings (SSSR count). The van der Waals surface area contributed by atoms with Gasteiger partial charge in [-0.15, -0.1) is 0 Å². The highest BCUT2D eigenvalue weighted by atomic mass is 16.5. The van der Waals surface area contributed by atoms with Gasteiger partial charge in [0.2, 0.25) is 0 Å². The molecule has 0 aliphatic rings. The number of aliphatic hydroxyl groups is 1. The van der Waals surface area contributed by atoms with Gasteiger partial charge < -0.3 is 9.84 Å². The molecule has 1 atom stereocenters. The molecule has 10 heavy (non-hydrogen) atoms. The van der Waals surface area contributed by atoms with E-state index in [9.17, 15) is 0 Å². The van der Waals surface area contributed by atoms with Crippen LogP contribution in [0.25, 0.3) is 0 Å². The molecule has 0 saturated heterocycles. The molecule has 2 nitrogen and oxygen atoms in total. The van der Waals surface area contributed by atoms with Crippen molar-refractivity contribution in [3.63, 3.8) is 0 Å². The van der Waals surface area contributed by atoms with Crippen molar-refractivity contribution in [3.8, 4) is 0 Å². The molecule has 0 saturated carbocycles. The lowest BCUT2D eigenvalue weighted by molar-refractivity contribution is 0.0409. The highest BCUT2D eigenvalue weighted by Crippen LogP contribution is 1.92. The molecule has 0 aromatic carbocycles. The maximum absolute atomic E-state index is 8.55. The van der Waals surface area contributed by atoms with E-state index >= 15 is 0 Å². The molecule has 1 unspecified atom stereocenters. The third kappa shape index (κ3) is 5.79. The Labute approximate surface area is 62.5 Å².